The first kappa shape index (κ1) is 16.2. The number of hydrogen-bond donors (Lipinski definition) is 1. The van der Waals surface area contributed by atoms with Crippen LogP contribution in [0.2, 0.25) is 0 Å². The van der Waals surface area contributed by atoms with Crippen molar-refractivity contribution in [2.45, 2.75) is 33.2 Å². The van der Waals surface area contributed by atoms with Gasteiger partial charge < -0.3 is 0 Å². The number of aromatic nitrogens is 6. The lowest BCUT2D eigenvalue weighted by Crippen LogP contribution is -2.12. The van der Waals surface area contributed by atoms with Gasteiger partial charge in [-0.3, -0.25) is 10.1 Å². The number of carbonyl (C=O) groups excluding carboxylic acids is 1. The Kier molecular flexibility index (Phi) is 4.90. The number of nitrogens with zero attached hydrogens (tertiary/aromatic N) is 6. The molecule has 8 nitrogen and oxygen atoms in total. The zero-order valence-electron chi connectivity index (χ0n) is 13.4. The number of benzene rings is 1. The lowest BCUT2D eigenvalue weighted by molar-refractivity contribution is 0.102. The molecule has 3 aromatic rings. The molecular weight excluding hydrogens is 326 g/mol. The van der Waals surface area contributed by atoms with Crippen LogP contribution in [0, 0.1) is 0 Å². The molecule has 124 valence electrons. The first-order valence-electron chi connectivity index (χ1n) is 7.71. The van der Waals surface area contributed by atoms with Crippen LogP contribution in [0.15, 0.2) is 24.3 Å². The number of rotatable bonds is 6. The molecular formula is C15H17N7OS. The minimum Gasteiger partial charge on any atom is -0.296 e. The van der Waals surface area contributed by atoms with Crippen molar-refractivity contribution < 1.29 is 4.79 Å². The molecule has 0 atom stereocenters. The number of nitrogens with one attached hydrogen (secondary N) is 1. The fourth-order valence-electron chi connectivity index (χ4n) is 2.21. The van der Waals surface area contributed by atoms with Gasteiger partial charge >= 0.3 is 0 Å². The van der Waals surface area contributed by atoms with Gasteiger partial charge in [0.1, 0.15) is 5.01 Å². The zero-order valence-corrected chi connectivity index (χ0v) is 14.2. The van der Waals surface area contributed by atoms with Gasteiger partial charge in [-0.15, -0.1) is 15.3 Å². The minimum atomic E-state index is -0.230. The minimum absolute atomic E-state index is 0.230. The number of amides is 1. The molecule has 1 amide bonds. The first-order valence-corrected chi connectivity index (χ1v) is 8.53. The smallest absolute Gasteiger partial charge is 0.257 e. The molecule has 0 fully saturated rings. The molecule has 0 saturated heterocycles. The summed E-state index contributed by atoms with van der Waals surface area (Å²) in [5, 5.41) is 23.9. The second-order valence-electron chi connectivity index (χ2n) is 5.10. The zero-order chi connectivity index (χ0) is 16.9. The molecule has 2 heterocycles. The van der Waals surface area contributed by atoms with Crippen molar-refractivity contribution in [3.63, 3.8) is 0 Å². The Labute approximate surface area is 142 Å². The lowest BCUT2D eigenvalue weighted by atomic mass is 10.1. The summed E-state index contributed by atoms with van der Waals surface area (Å²) in [7, 11) is 0. The Bertz CT molecular complexity index is 842. The molecule has 0 aliphatic heterocycles. The summed E-state index contributed by atoms with van der Waals surface area (Å²) >= 11 is 1.40. The van der Waals surface area contributed by atoms with Gasteiger partial charge in [0.25, 0.3) is 5.91 Å². The monoisotopic (exact) mass is 343 g/mol. The second-order valence-corrected chi connectivity index (χ2v) is 6.17. The normalized spacial score (nSPS) is 10.8. The van der Waals surface area contributed by atoms with Gasteiger partial charge in [-0.05, 0) is 35.9 Å². The molecule has 1 aromatic carbocycles. The molecule has 9 heteroatoms. The van der Waals surface area contributed by atoms with Crippen molar-refractivity contribution in [2.75, 3.05) is 5.32 Å². The topological polar surface area (TPSA) is 98.5 Å². The molecule has 0 spiro atoms. The predicted molar refractivity (Wildman–Crippen MR) is 90.8 cm³/mol. The molecule has 0 aliphatic carbocycles. The largest absolute Gasteiger partial charge is 0.296 e. The van der Waals surface area contributed by atoms with E-state index in [1.807, 2.05) is 19.1 Å². The molecule has 1 N–H and O–H groups in total. The van der Waals surface area contributed by atoms with Crippen molar-refractivity contribution in [1.82, 2.24) is 30.4 Å². The molecule has 0 radical (unpaired) electrons. The van der Waals surface area contributed by atoms with Gasteiger partial charge in [-0.25, -0.2) is 4.68 Å². The van der Waals surface area contributed by atoms with Crippen molar-refractivity contribution in [3.8, 4) is 11.4 Å². The molecule has 0 unspecified atom stereocenters. The maximum atomic E-state index is 12.4. The van der Waals surface area contributed by atoms with Crippen molar-refractivity contribution >= 4 is 22.4 Å². The van der Waals surface area contributed by atoms with E-state index in [1.54, 1.807) is 16.8 Å². The standard InChI is InChI=1S/C15H17N7OS/c1-3-6-12-17-19-15(24-12)16-14(23)11-8-5-7-10(9-11)13-18-20-21-22(13)4-2/h5,7-9H,3-4,6H2,1-2H3,(H,16,19,23). The SMILES string of the molecule is CCCc1nnc(NC(=O)c2cccc(-c3nnnn3CC)c2)s1. The van der Waals surface area contributed by atoms with Gasteiger partial charge in [-0.1, -0.05) is 30.4 Å². The highest BCUT2D eigenvalue weighted by molar-refractivity contribution is 7.15. The summed E-state index contributed by atoms with van der Waals surface area (Å²) in [6.45, 7) is 4.69. The predicted octanol–water partition coefficient (Wildman–Crippen LogP) is 2.42. The van der Waals surface area contributed by atoms with Gasteiger partial charge in [-0.2, -0.15) is 0 Å². The Hall–Kier alpha value is -2.68. The van der Waals surface area contributed by atoms with Crippen LogP contribution in [0.25, 0.3) is 11.4 Å². The van der Waals surface area contributed by atoms with Crippen LogP contribution < -0.4 is 5.32 Å². The second kappa shape index (κ2) is 7.26. The van der Waals surface area contributed by atoms with Gasteiger partial charge in [0.05, 0.1) is 0 Å². The molecule has 3 rings (SSSR count). The number of hydrogen-bond acceptors (Lipinski definition) is 7. The summed E-state index contributed by atoms with van der Waals surface area (Å²) in [5.41, 5.74) is 1.31. The molecule has 24 heavy (non-hydrogen) atoms. The van der Waals surface area contributed by atoms with E-state index in [0.29, 0.717) is 23.1 Å². The third-order valence-electron chi connectivity index (χ3n) is 3.37. The number of aryl methyl sites for hydroxylation is 2. The summed E-state index contributed by atoms with van der Waals surface area (Å²) in [6, 6.07) is 7.19. The number of carbonyl (C=O) groups is 1. The van der Waals surface area contributed by atoms with Crippen LogP contribution in [0.4, 0.5) is 5.13 Å². The third kappa shape index (κ3) is 3.46. The average Bonchev–Trinajstić information content (AvgIpc) is 3.24. The maximum Gasteiger partial charge on any atom is 0.257 e. The Morgan fingerprint density at radius 3 is 2.92 bits per heavy atom. The van der Waals surface area contributed by atoms with Crippen LogP contribution in [0.1, 0.15) is 35.6 Å². The highest BCUT2D eigenvalue weighted by Gasteiger charge is 2.13. The number of tetrazole rings is 1. The highest BCUT2D eigenvalue weighted by Crippen LogP contribution is 2.20. The van der Waals surface area contributed by atoms with Crippen LogP contribution >= 0.6 is 11.3 Å². The Morgan fingerprint density at radius 2 is 2.12 bits per heavy atom. The van der Waals surface area contributed by atoms with E-state index in [9.17, 15) is 4.79 Å². The van der Waals surface area contributed by atoms with Gasteiger partial charge in [0, 0.05) is 24.1 Å². The molecule has 0 aliphatic rings. The van der Waals surface area contributed by atoms with E-state index >= 15 is 0 Å². The fraction of sp³-hybridized carbons (Fsp3) is 0.333. The molecule has 2 aromatic heterocycles. The van der Waals surface area contributed by atoms with Crippen molar-refractivity contribution in [3.05, 3.63) is 34.8 Å². The van der Waals surface area contributed by atoms with Gasteiger partial charge in [0.15, 0.2) is 5.82 Å². The summed E-state index contributed by atoms with van der Waals surface area (Å²) < 4.78 is 1.68. The average molecular weight is 343 g/mol. The van der Waals surface area contributed by atoms with Gasteiger partial charge in [0.2, 0.25) is 5.13 Å². The summed E-state index contributed by atoms with van der Waals surface area (Å²) in [5.74, 6) is 0.403. The first-order chi connectivity index (χ1) is 11.7. The maximum absolute atomic E-state index is 12.4. The van der Waals surface area contributed by atoms with E-state index < -0.39 is 0 Å². The highest BCUT2D eigenvalue weighted by atomic mass is 32.1. The van der Waals surface area contributed by atoms with Crippen LogP contribution in [-0.4, -0.2) is 36.3 Å². The summed E-state index contributed by atoms with van der Waals surface area (Å²) in [4.78, 5) is 12.4. The van der Waals surface area contributed by atoms with Crippen LogP contribution in [-0.2, 0) is 13.0 Å². The quantitative estimate of drug-likeness (QED) is 0.738. The van der Waals surface area contributed by atoms with E-state index in [2.05, 4.69) is 38.0 Å². The van der Waals surface area contributed by atoms with Crippen LogP contribution in [0.3, 0.4) is 0 Å². The summed E-state index contributed by atoms with van der Waals surface area (Å²) in [6.07, 6.45) is 1.86. The third-order valence-corrected chi connectivity index (χ3v) is 4.26. The molecule has 0 saturated carbocycles. The van der Waals surface area contributed by atoms with E-state index in [1.165, 1.54) is 11.3 Å². The van der Waals surface area contributed by atoms with E-state index in [0.717, 1.165) is 23.4 Å². The van der Waals surface area contributed by atoms with Crippen LogP contribution in [0.5, 0.6) is 0 Å². The van der Waals surface area contributed by atoms with Crippen molar-refractivity contribution in [1.29, 1.82) is 0 Å². The van der Waals surface area contributed by atoms with Crippen molar-refractivity contribution in [2.24, 2.45) is 0 Å². The molecule has 0 bridgehead atoms. The Balaban J connectivity index is 1.79. The fourth-order valence-corrected chi connectivity index (χ4v) is 3.05. The van der Waals surface area contributed by atoms with E-state index in [-0.39, 0.29) is 5.91 Å². The number of anilines is 1. The Morgan fingerprint density at radius 1 is 1.25 bits per heavy atom. The van der Waals surface area contributed by atoms with E-state index in [4.69, 9.17) is 0 Å². The lowest BCUT2D eigenvalue weighted by Gasteiger charge is -2.05.